The van der Waals surface area contributed by atoms with Crippen molar-refractivity contribution >= 4 is 11.0 Å². The number of ether oxygens (including phenoxy) is 1. The monoisotopic (exact) mass is 335 g/mol. The molecule has 2 heterocycles. The van der Waals surface area contributed by atoms with Crippen molar-refractivity contribution in [2.75, 3.05) is 6.73 Å². The largest absolute Gasteiger partial charge is 0.478 e. The first-order chi connectivity index (χ1) is 12.1. The molecule has 0 spiro atoms. The lowest BCUT2D eigenvalue weighted by molar-refractivity contribution is 0.0689. The van der Waals surface area contributed by atoms with Crippen LogP contribution in [0.3, 0.4) is 0 Å². The van der Waals surface area contributed by atoms with Crippen LogP contribution in [0.2, 0.25) is 0 Å². The number of rotatable bonds is 2. The number of nitrogens with zero attached hydrogens (tertiary/aromatic N) is 1. The molecule has 0 radical (unpaired) electrons. The Morgan fingerprint density at radius 1 is 1.08 bits per heavy atom. The van der Waals surface area contributed by atoms with Crippen LogP contribution < -0.4 is 10.2 Å². The van der Waals surface area contributed by atoms with Gasteiger partial charge in [-0.2, -0.15) is 0 Å². The fourth-order valence-corrected chi connectivity index (χ4v) is 3.36. The van der Waals surface area contributed by atoms with Crippen molar-refractivity contribution in [1.29, 1.82) is 0 Å². The quantitative estimate of drug-likeness (QED) is 0.699. The van der Waals surface area contributed by atoms with E-state index in [0.717, 1.165) is 23.4 Å². The van der Waals surface area contributed by atoms with Gasteiger partial charge in [0, 0.05) is 12.6 Å². The molecule has 1 aliphatic rings. The maximum atomic E-state index is 13.1. The van der Waals surface area contributed by atoms with Gasteiger partial charge in [0.05, 0.1) is 16.5 Å². The van der Waals surface area contributed by atoms with Crippen LogP contribution in [0.5, 0.6) is 5.75 Å². The van der Waals surface area contributed by atoms with E-state index in [1.807, 2.05) is 49.4 Å². The van der Waals surface area contributed by atoms with E-state index < -0.39 is 0 Å². The summed E-state index contributed by atoms with van der Waals surface area (Å²) in [7, 11) is 0. The highest BCUT2D eigenvalue weighted by molar-refractivity contribution is 5.86. The molecule has 2 aromatic carbocycles. The number of benzene rings is 2. The highest BCUT2D eigenvalue weighted by atomic mass is 16.5. The van der Waals surface area contributed by atoms with Gasteiger partial charge in [0.2, 0.25) is 5.43 Å². The minimum absolute atomic E-state index is 0.00872. The van der Waals surface area contributed by atoms with Gasteiger partial charge in [-0.05, 0) is 38.5 Å². The van der Waals surface area contributed by atoms with E-state index in [1.54, 1.807) is 0 Å². The second-order valence-corrected chi connectivity index (χ2v) is 6.76. The predicted octanol–water partition coefficient (Wildman–Crippen LogP) is 4.33. The molecule has 0 fully saturated rings. The average Bonchev–Trinajstić information content (AvgIpc) is 2.62. The van der Waals surface area contributed by atoms with Gasteiger partial charge in [-0.15, -0.1) is 0 Å². The van der Waals surface area contributed by atoms with Crippen molar-refractivity contribution in [3.63, 3.8) is 0 Å². The van der Waals surface area contributed by atoms with Gasteiger partial charge in [-0.3, -0.25) is 9.69 Å². The number of hydrogen-bond donors (Lipinski definition) is 0. The highest BCUT2D eigenvalue weighted by Gasteiger charge is 2.24. The lowest BCUT2D eigenvalue weighted by atomic mass is 10.0. The molecule has 0 unspecified atom stereocenters. The molecule has 4 heteroatoms. The molecular weight excluding hydrogens is 314 g/mol. The summed E-state index contributed by atoms with van der Waals surface area (Å²) in [6, 6.07) is 13.7. The summed E-state index contributed by atoms with van der Waals surface area (Å²) in [5.41, 5.74) is 3.12. The molecule has 0 aliphatic carbocycles. The molecule has 25 heavy (non-hydrogen) atoms. The van der Waals surface area contributed by atoms with E-state index in [9.17, 15) is 4.79 Å². The average molecular weight is 335 g/mol. The van der Waals surface area contributed by atoms with Crippen LogP contribution in [-0.4, -0.2) is 17.7 Å². The zero-order valence-electron chi connectivity index (χ0n) is 14.7. The highest BCUT2D eigenvalue weighted by Crippen LogP contribution is 2.34. The first-order valence-corrected chi connectivity index (χ1v) is 8.58. The summed E-state index contributed by atoms with van der Waals surface area (Å²) in [5.74, 6) is 1.44. The van der Waals surface area contributed by atoms with E-state index in [1.165, 1.54) is 0 Å². The third-order valence-electron chi connectivity index (χ3n) is 4.84. The molecule has 1 aromatic heterocycles. The second-order valence-electron chi connectivity index (χ2n) is 6.76. The maximum Gasteiger partial charge on any atom is 0.200 e. The Morgan fingerprint density at radius 3 is 2.56 bits per heavy atom. The van der Waals surface area contributed by atoms with E-state index in [2.05, 4.69) is 18.7 Å². The van der Waals surface area contributed by atoms with Crippen molar-refractivity contribution in [3.8, 4) is 16.9 Å². The summed E-state index contributed by atoms with van der Waals surface area (Å²) in [5, 5.41) is 0.609. The number of hydrogen-bond acceptors (Lipinski definition) is 4. The van der Waals surface area contributed by atoms with E-state index in [4.69, 9.17) is 9.15 Å². The van der Waals surface area contributed by atoms with Crippen molar-refractivity contribution in [2.45, 2.75) is 33.4 Å². The number of aryl methyl sites for hydroxylation is 1. The Morgan fingerprint density at radius 2 is 1.84 bits per heavy atom. The summed E-state index contributed by atoms with van der Waals surface area (Å²) in [6.07, 6.45) is 0. The van der Waals surface area contributed by atoms with E-state index in [-0.39, 0.29) is 5.43 Å². The minimum Gasteiger partial charge on any atom is -0.478 e. The molecule has 3 aromatic rings. The SMILES string of the molecule is Cc1oc2c3c(ccc2c(=O)c1-c1ccccc1)OCN(C(C)C)C3. The van der Waals surface area contributed by atoms with Crippen LogP contribution in [0.4, 0.5) is 0 Å². The van der Waals surface area contributed by atoms with Crippen LogP contribution in [0, 0.1) is 6.92 Å². The molecule has 128 valence electrons. The Bertz CT molecular complexity index is 989. The molecule has 0 N–H and O–H groups in total. The van der Waals surface area contributed by atoms with Crippen LogP contribution in [0.15, 0.2) is 51.7 Å². The van der Waals surface area contributed by atoms with Crippen molar-refractivity contribution in [3.05, 3.63) is 64.0 Å². The van der Waals surface area contributed by atoms with Crippen molar-refractivity contribution in [2.24, 2.45) is 0 Å². The molecule has 4 nitrogen and oxygen atoms in total. The zero-order valence-corrected chi connectivity index (χ0v) is 14.7. The standard InChI is InChI=1S/C21H21NO3/c1-13(2)22-11-17-18(24-12-22)10-9-16-20(23)19(14(3)25-21(16)17)15-7-5-4-6-8-15/h4-10,13H,11-12H2,1-3H3. The van der Waals surface area contributed by atoms with Crippen molar-refractivity contribution in [1.82, 2.24) is 4.90 Å². The van der Waals surface area contributed by atoms with Gasteiger partial charge in [-0.1, -0.05) is 30.3 Å². The van der Waals surface area contributed by atoms with Gasteiger partial charge < -0.3 is 9.15 Å². The molecule has 0 saturated heterocycles. The predicted molar refractivity (Wildman–Crippen MR) is 98.8 cm³/mol. The van der Waals surface area contributed by atoms with Crippen LogP contribution in [-0.2, 0) is 6.54 Å². The molecular formula is C21H21NO3. The maximum absolute atomic E-state index is 13.1. The second kappa shape index (κ2) is 6.05. The van der Waals surface area contributed by atoms with Crippen molar-refractivity contribution < 1.29 is 9.15 Å². The molecule has 1 aliphatic heterocycles. The molecule has 0 saturated carbocycles. The fraction of sp³-hybridized carbons (Fsp3) is 0.286. The van der Waals surface area contributed by atoms with Crippen LogP contribution in [0.25, 0.3) is 22.1 Å². The van der Waals surface area contributed by atoms with Gasteiger partial charge in [0.15, 0.2) is 0 Å². The molecule has 0 amide bonds. The third-order valence-corrected chi connectivity index (χ3v) is 4.84. The number of fused-ring (bicyclic) bond motifs is 3. The topological polar surface area (TPSA) is 42.7 Å². The minimum atomic E-state index is 0.00872. The third kappa shape index (κ3) is 2.63. The van der Waals surface area contributed by atoms with Crippen LogP contribution >= 0.6 is 0 Å². The summed E-state index contributed by atoms with van der Waals surface area (Å²) >= 11 is 0. The van der Waals surface area contributed by atoms with Crippen LogP contribution in [0.1, 0.15) is 25.2 Å². The van der Waals surface area contributed by atoms with Gasteiger partial charge in [-0.25, -0.2) is 0 Å². The lowest BCUT2D eigenvalue weighted by Gasteiger charge is -2.32. The van der Waals surface area contributed by atoms with Gasteiger partial charge in [0.1, 0.15) is 23.8 Å². The Labute approximate surface area is 146 Å². The molecule has 4 rings (SSSR count). The first-order valence-electron chi connectivity index (χ1n) is 8.58. The Kier molecular flexibility index (Phi) is 3.85. The lowest BCUT2D eigenvalue weighted by Crippen LogP contribution is -2.37. The molecule has 0 bridgehead atoms. The molecule has 0 atom stereocenters. The zero-order chi connectivity index (χ0) is 17.6. The first kappa shape index (κ1) is 15.9. The van der Waals surface area contributed by atoms with Gasteiger partial charge in [0.25, 0.3) is 0 Å². The summed E-state index contributed by atoms with van der Waals surface area (Å²) < 4.78 is 12.0. The Balaban J connectivity index is 1.95. The van der Waals surface area contributed by atoms with E-state index in [0.29, 0.717) is 35.1 Å². The van der Waals surface area contributed by atoms with E-state index >= 15 is 0 Å². The summed E-state index contributed by atoms with van der Waals surface area (Å²) in [6.45, 7) is 7.40. The van der Waals surface area contributed by atoms with Gasteiger partial charge >= 0.3 is 0 Å². The normalized spacial score (nSPS) is 14.6. The fourth-order valence-electron chi connectivity index (χ4n) is 3.36. The smallest absolute Gasteiger partial charge is 0.200 e. The Hall–Kier alpha value is -2.59. The summed E-state index contributed by atoms with van der Waals surface area (Å²) in [4.78, 5) is 15.3.